The van der Waals surface area contributed by atoms with Crippen LogP contribution in [0.3, 0.4) is 0 Å². The van der Waals surface area contributed by atoms with Crippen molar-refractivity contribution in [3.63, 3.8) is 0 Å². The maximum Gasteiger partial charge on any atom is 0.138 e. The topological polar surface area (TPSA) is 47.0 Å². The zero-order valence-corrected chi connectivity index (χ0v) is 20.5. The molecule has 2 aromatic carbocycles. The van der Waals surface area contributed by atoms with Crippen LogP contribution in [0, 0.1) is 13.8 Å². The fourth-order valence-electron chi connectivity index (χ4n) is 4.90. The highest BCUT2D eigenvalue weighted by Gasteiger charge is 2.18. The minimum atomic E-state index is 0.520. The number of nitrogens with one attached hydrogen (secondary N) is 1. The smallest absolute Gasteiger partial charge is 0.138 e. The van der Waals surface area contributed by atoms with E-state index in [4.69, 9.17) is 21.3 Å². The molecule has 0 aliphatic carbocycles. The number of fused-ring (bicyclic) bond motifs is 1. The monoisotopic (exact) mass is 471 g/mol. The Morgan fingerprint density at radius 2 is 1.85 bits per heavy atom. The predicted octanol–water partition coefficient (Wildman–Crippen LogP) is 7.15. The molecule has 1 fully saturated rings. The van der Waals surface area contributed by atoms with Gasteiger partial charge in [0.15, 0.2) is 0 Å². The highest BCUT2D eigenvalue weighted by atomic mass is 35.5. The minimum absolute atomic E-state index is 0.520. The number of hydrogen-bond acceptors (Lipinski definition) is 4. The van der Waals surface area contributed by atoms with Gasteiger partial charge in [-0.2, -0.15) is 0 Å². The first-order chi connectivity index (χ1) is 16.6. The van der Waals surface area contributed by atoms with Crippen LogP contribution < -0.4 is 10.1 Å². The number of halogens is 1. The lowest BCUT2D eigenvalue weighted by Crippen LogP contribution is -2.35. The molecule has 1 unspecified atom stereocenters. The van der Waals surface area contributed by atoms with Gasteiger partial charge >= 0.3 is 0 Å². The molecule has 1 atom stereocenters. The van der Waals surface area contributed by atoms with Gasteiger partial charge in [-0.05, 0) is 63.4 Å². The van der Waals surface area contributed by atoms with Crippen molar-refractivity contribution >= 4 is 22.5 Å². The lowest BCUT2D eigenvalue weighted by atomic mass is 9.98. The zero-order chi connectivity index (χ0) is 23.5. The number of pyridine rings is 2. The van der Waals surface area contributed by atoms with Crippen molar-refractivity contribution in [2.45, 2.75) is 45.6 Å². The summed E-state index contributed by atoms with van der Waals surface area (Å²) in [5.41, 5.74) is 7.31. The normalized spacial score (nSPS) is 16.0. The van der Waals surface area contributed by atoms with E-state index in [0.717, 1.165) is 51.9 Å². The van der Waals surface area contributed by atoms with Gasteiger partial charge in [-0.3, -0.25) is 9.97 Å². The maximum atomic E-state index is 6.68. The third-order valence-electron chi connectivity index (χ3n) is 6.54. The van der Waals surface area contributed by atoms with Crippen molar-refractivity contribution in [3.8, 4) is 28.0 Å². The molecule has 5 rings (SSSR count). The summed E-state index contributed by atoms with van der Waals surface area (Å²) in [6, 6.07) is 15.1. The van der Waals surface area contributed by atoms with Crippen molar-refractivity contribution in [2.75, 3.05) is 13.2 Å². The van der Waals surface area contributed by atoms with Crippen LogP contribution in [-0.4, -0.2) is 29.2 Å². The average molecular weight is 472 g/mol. The van der Waals surface area contributed by atoms with Gasteiger partial charge in [0.25, 0.3) is 0 Å². The number of aromatic nitrogens is 2. The van der Waals surface area contributed by atoms with Gasteiger partial charge in [0.2, 0.25) is 0 Å². The molecule has 1 saturated heterocycles. The Hall–Kier alpha value is -2.95. The number of piperidine rings is 1. The van der Waals surface area contributed by atoms with E-state index >= 15 is 0 Å². The van der Waals surface area contributed by atoms with Crippen LogP contribution in [0.15, 0.2) is 61.1 Å². The Morgan fingerprint density at radius 3 is 2.59 bits per heavy atom. The molecule has 0 spiro atoms. The number of hydrogen-bond donors (Lipinski definition) is 1. The summed E-state index contributed by atoms with van der Waals surface area (Å²) in [5, 5.41) is 5.25. The van der Waals surface area contributed by atoms with Crippen LogP contribution in [-0.2, 0) is 0 Å². The van der Waals surface area contributed by atoms with Crippen molar-refractivity contribution in [3.05, 3.63) is 77.2 Å². The summed E-state index contributed by atoms with van der Waals surface area (Å²) in [4.78, 5) is 9.06. The molecule has 0 bridgehead atoms. The van der Waals surface area contributed by atoms with E-state index in [1.165, 1.54) is 30.4 Å². The van der Waals surface area contributed by atoms with Gasteiger partial charge < -0.3 is 10.1 Å². The van der Waals surface area contributed by atoms with Gasteiger partial charge in [0.1, 0.15) is 5.75 Å². The number of benzene rings is 2. The van der Waals surface area contributed by atoms with Crippen LogP contribution in [0.25, 0.3) is 33.2 Å². The third kappa shape index (κ3) is 4.94. The maximum absolute atomic E-state index is 6.68. The highest BCUT2D eigenvalue weighted by molar-refractivity contribution is 6.34. The largest absolute Gasteiger partial charge is 0.492 e. The lowest BCUT2D eigenvalue weighted by Gasteiger charge is -2.24. The number of aryl methyl sites for hydroxylation is 2. The van der Waals surface area contributed by atoms with Crippen LogP contribution in [0.2, 0.25) is 5.02 Å². The fraction of sp³-hybridized carbons (Fsp3) is 0.310. The second kappa shape index (κ2) is 10.1. The third-order valence-corrected chi connectivity index (χ3v) is 6.85. The van der Waals surface area contributed by atoms with Gasteiger partial charge in [-0.25, -0.2) is 0 Å². The van der Waals surface area contributed by atoms with E-state index in [9.17, 15) is 0 Å². The lowest BCUT2D eigenvalue weighted by molar-refractivity contribution is 0.271. The van der Waals surface area contributed by atoms with Crippen molar-refractivity contribution in [1.29, 1.82) is 0 Å². The molecule has 1 aliphatic rings. The Balaban J connectivity index is 1.60. The quantitative estimate of drug-likeness (QED) is 0.324. The van der Waals surface area contributed by atoms with Gasteiger partial charge in [0.05, 0.1) is 17.1 Å². The first-order valence-electron chi connectivity index (χ1n) is 12.1. The van der Waals surface area contributed by atoms with Gasteiger partial charge in [-0.15, -0.1) is 0 Å². The van der Waals surface area contributed by atoms with Crippen LogP contribution in [0.4, 0.5) is 0 Å². The molecule has 34 heavy (non-hydrogen) atoms. The van der Waals surface area contributed by atoms with Crippen molar-refractivity contribution in [1.82, 2.24) is 15.3 Å². The van der Waals surface area contributed by atoms with Crippen molar-refractivity contribution in [2.24, 2.45) is 0 Å². The molecule has 174 valence electrons. The molecule has 0 saturated carbocycles. The molecule has 0 amide bonds. The second-order valence-electron chi connectivity index (χ2n) is 9.25. The first-order valence-corrected chi connectivity index (χ1v) is 12.4. The van der Waals surface area contributed by atoms with Crippen molar-refractivity contribution < 1.29 is 4.74 Å². The van der Waals surface area contributed by atoms with E-state index in [1.807, 2.05) is 30.6 Å². The van der Waals surface area contributed by atoms with Crippen LogP contribution >= 0.6 is 11.6 Å². The Bertz CT molecular complexity index is 1280. The van der Waals surface area contributed by atoms with E-state index in [-0.39, 0.29) is 0 Å². The van der Waals surface area contributed by atoms with Gasteiger partial charge in [-0.1, -0.05) is 53.4 Å². The van der Waals surface area contributed by atoms with Crippen LogP contribution in [0.1, 0.15) is 36.8 Å². The SMILES string of the molecule is Cc1cc(C)cc(-c2cnc3cc(Cl)c(-c4cccnc4)cc3c2OCCC2CCCCN2)c1. The number of rotatable bonds is 6. The van der Waals surface area contributed by atoms with Crippen LogP contribution in [0.5, 0.6) is 5.75 Å². The number of ether oxygens (including phenoxy) is 1. The summed E-state index contributed by atoms with van der Waals surface area (Å²) in [6.07, 6.45) is 10.3. The number of nitrogens with zero attached hydrogens (tertiary/aromatic N) is 2. The van der Waals surface area contributed by atoms with Gasteiger partial charge in [0, 0.05) is 46.7 Å². The molecule has 1 N–H and O–H groups in total. The average Bonchev–Trinajstić information content (AvgIpc) is 2.84. The van der Waals surface area contributed by atoms with E-state index in [0.29, 0.717) is 17.7 Å². The molecule has 0 radical (unpaired) electrons. The second-order valence-corrected chi connectivity index (χ2v) is 9.66. The molecular weight excluding hydrogens is 442 g/mol. The summed E-state index contributed by atoms with van der Waals surface area (Å²) in [6.45, 7) is 6.00. The zero-order valence-electron chi connectivity index (χ0n) is 19.8. The molecular formula is C29H30ClN3O. The predicted molar refractivity (Wildman–Crippen MR) is 141 cm³/mol. The molecule has 4 aromatic rings. The summed E-state index contributed by atoms with van der Waals surface area (Å²) >= 11 is 6.68. The Morgan fingerprint density at radius 1 is 1.00 bits per heavy atom. The summed E-state index contributed by atoms with van der Waals surface area (Å²) in [5.74, 6) is 0.868. The summed E-state index contributed by atoms with van der Waals surface area (Å²) in [7, 11) is 0. The standard InChI is InChI=1S/C29H30ClN3O/c1-19-12-20(2)14-22(13-19)26-18-33-28-16-27(30)24(21-6-5-9-31-17-21)15-25(28)29(26)34-11-8-23-7-3-4-10-32-23/h5-6,9,12-18,23,32H,3-4,7-8,10-11H2,1-2H3. The molecule has 2 aromatic heterocycles. The first kappa shape index (κ1) is 22.8. The highest BCUT2D eigenvalue weighted by Crippen LogP contribution is 2.40. The Labute approximate surface area is 206 Å². The van der Waals surface area contributed by atoms with E-state index in [1.54, 1.807) is 6.20 Å². The Kier molecular flexibility index (Phi) is 6.80. The molecule has 1 aliphatic heterocycles. The fourth-order valence-corrected chi connectivity index (χ4v) is 5.16. The van der Waals surface area contributed by atoms with E-state index in [2.05, 4.69) is 48.4 Å². The van der Waals surface area contributed by atoms with E-state index < -0.39 is 0 Å². The molecule has 4 nitrogen and oxygen atoms in total. The minimum Gasteiger partial charge on any atom is -0.492 e. The molecule has 3 heterocycles. The molecule has 5 heteroatoms. The summed E-state index contributed by atoms with van der Waals surface area (Å²) < 4.78 is 6.58.